The molecule has 1 aromatic rings. The zero-order valence-electron chi connectivity index (χ0n) is 14.4. The lowest BCUT2D eigenvalue weighted by molar-refractivity contribution is -0.136. The first-order valence-electron chi connectivity index (χ1n) is 8.05. The Morgan fingerprint density at radius 2 is 1.72 bits per heavy atom. The number of benzene rings is 1. The molecule has 25 heavy (non-hydrogen) atoms. The summed E-state index contributed by atoms with van der Waals surface area (Å²) in [6.45, 7) is 1.90. The van der Waals surface area contributed by atoms with Gasteiger partial charge < -0.3 is 19.7 Å². The van der Waals surface area contributed by atoms with E-state index in [1.54, 1.807) is 24.3 Å². The molecule has 0 bridgehead atoms. The van der Waals surface area contributed by atoms with Crippen molar-refractivity contribution in [2.24, 2.45) is 0 Å². The van der Waals surface area contributed by atoms with Gasteiger partial charge in [0.15, 0.2) is 5.11 Å². The van der Waals surface area contributed by atoms with E-state index in [0.29, 0.717) is 22.3 Å². The van der Waals surface area contributed by atoms with E-state index < -0.39 is 12.0 Å². The van der Waals surface area contributed by atoms with Crippen molar-refractivity contribution in [1.82, 2.24) is 10.2 Å². The van der Waals surface area contributed by atoms with Gasteiger partial charge in [-0.3, -0.25) is 0 Å². The molecule has 0 amide bonds. The minimum atomic E-state index is -0.415. The number of allylic oxidation sites excluding steroid dienone is 1. The number of ether oxygens (including phenoxy) is 2. The molecule has 0 radical (unpaired) electrons. The predicted octanol–water partition coefficient (Wildman–Crippen LogP) is 2.31. The molecule has 0 saturated heterocycles. The predicted molar refractivity (Wildman–Crippen MR) is 95.8 cm³/mol. The molecule has 1 heterocycles. The minimum Gasteiger partial charge on any atom is -0.466 e. The SMILES string of the molecule is COC(=O)C1=C(C)N(C2CC2)C(=S)N[C@@H]1c1ccc(C(=O)OC)cc1. The van der Waals surface area contributed by atoms with Crippen LogP contribution in [-0.4, -0.2) is 42.2 Å². The second-order valence-corrected chi connectivity index (χ2v) is 6.47. The van der Waals surface area contributed by atoms with Gasteiger partial charge in [0.2, 0.25) is 0 Å². The Bertz CT molecular complexity index is 753. The number of carbonyl (C=O) groups excluding carboxylic acids is 2. The van der Waals surface area contributed by atoms with E-state index in [9.17, 15) is 9.59 Å². The molecule has 1 N–H and O–H groups in total. The van der Waals surface area contributed by atoms with E-state index in [4.69, 9.17) is 21.7 Å². The highest BCUT2D eigenvalue weighted by molar-refractivity contribution is 7.80. The smallest absolute Gasteiger partial charge is 0.337 e. The fraction of sp³-hybridized carbons (Fsp3) is 0.389. The maximum Gasteiger partial charge on any atom is 0.337 e. The molecule has 3 rings (SSSR count). The third kappa shape index (κ3) is 3.24. The quantitative estimate of drug-likeness (QED) is 0.653. The summed E-state index contributed by atoms with van der Waals surface area (Å²) in [4.78, 5) is 26.0. The van der Waals surface area contributed by atoms with E-state index in [0.717, 1.165) is 24.1 Å². The summed E-state index contributed by atoms with van der Waals surface area (Å²) in [5, 5.41) is 3.85. The van der Waals surface area contributed by atoms with Crippen LogP contribution >= 0.6 is 12.2 Å². The fourth-order valence-corrected chi connectivity index (χ4v) is 3.49. The molecule has 132 valence electrons. The van der Waals surface area contributed by atoms with Crippen molar-refractivity contribution in [3.05, 3.63) is 46.7 Å². The lowest BCUT2D eigenvalue weighted by atomic mass is 9.94. The fourth-order valence-electron chi connectivity index (χ4n) is 3.08. The van der Waals surface area contributed by atoms with Crippen LogP contribution in [0.1, 0.15) is 41.7 Å². The van der Waals surface area contributed by atoms with Crippen LogP contribution < -0.4 is 5.32 Å². The molecule has 1 atom stereocenters. The second kappa shape index (κ2) is 6.84. The summed E-state index contributed by atoms with van der Waals surface area (Å²) >= 11 is 5.51. The Hall–Kier alpha value is -2.41. The van der Waals surface area contributed by atoms with Gasteiger partial charge in [-0.25, -0.2) is 9.59 Å². The molecule has 2 aliphatic rings. The molecule has 1 saturated carbocycles. The molecule has 0 aromatic heterocycles. The highest BCUT2D eigenvalue weighted by atomic mass is 32.1. The van der Waals surface area contributed by atoms with E-state index in [1.807, 2.05) is 11.8 Å². The molecule has 0 unspecified atom stereocenters. The molecule has 1 fully saturated rings. The van der Waals surface area contributed by atoms with Crippen molar-refractivity contribution in [3.63, 3.8) is 0 Å². The third-order valence-electron chi connectivity index (χ3n) is 4.51. The number of nitrogens with one attached hydrogen (secondary N) is 1. The normalized spacial score (nSPS) is 20.2. The number of methoxy groups -OCH3 is 2. The van der Waals surface area contributed by atoms with Gasteiger partial charge in [-0.2, -0.15) is 0 Å². The minimum absolute atomic E-state index is 0.349. The summed E-state index contributed by atoms with van der Waals surface area (Å²) in [5.41, 5.74) is 2.63. The molecule has 1 aliphatic heterocycles. The van der Waals surface area contributed by atoms with Gasteiger partial charge in [0.05, 0.1) is 31.4 Å². The number of rotatable bonds is 4. The summed E-state index contributed by atoms with van der Waals surface area (Å²) in [6, 6.07) is 6.85. The van der Waals surface area contributed by atoms with Crippen molar-refractivity contribution < 1.29 is 19.1 Å². The van der Waals surface area contributed by atoms with Crippen molar-refractivity contribution in [3.8, 4) is 0 Å². The van der Waals surface area contributed by atoms with Crippen LogP contribution in [0, 0.1) is 0 Å². The largest absolute Gasteiger partial charge is 0.466 e. The topological polar surface area (TPSA) is 67.9 Å². The molecule has 1 aliphatic carbocycles. The maximum absolute atomic E-state index is 12.4. The first-order chi connectivity index (χ1) is 12.0. The van der Waals surface area contributed by atoms with Gasteiger partial charge in [0.1, 0.15) is 0 Å². The Morgan fingerprint density at radius 3 is 2.24 bits per heavy atom. The van der Waals surface area contributed by atoms with E-state index >= 15 is 0 Å². The van der Waals surface area contributed by atoms with Crippen molar-refractivity contribution in [2.45, 2.75) is 31.8 Å². The van der Waals surface area contributed by atoms with Crippen LogP contribution in [0.5, 0.6) is 0 Å². The Morgan fingerprint density at radius 1 is 1.12 bits per heavy atom. The van der Waals surface area contributed by atoms with Crippen molar-refractivity contribution in [2.75, 3.05) is 14.2 Å². The lowest BCUT2D eigenvalue weighted by Gasteiger charge is -2.37. The van der Waals surface area contributed by atoms with E-state index in [-0.39, 0.29) is 5.97 Å². The van der Waals surface area contributed by atoms with Crippen LogP contribution in [0.25, 0.3) is 0 Å². The van der Waals surface area contributed by atoms with E-state index in [1.165, 1.54) is 14.2 Å². The van der Waals surface area contributed by atoms with E-state index in [2.05, 4.69) is 5.32 Å². The van der Waals surface area contributed by atoms with Crippen molar-refractivity contribution >= 4 is 29.3 Å². The number of carbonyl (C=O) groups is 2. The van der Waals surface area contributed by atoms with Crippen LogP contribution in [0.2, 0.25) is 0 Å². The standard InChI is InChI=1S/C18H20N2O4S/c1-10-14(17(22)24-3)15(19-18(25)20(10)13-8-9-13)11-4-6-12(7-5-11)16(21)23-2/h4-7,13,15H,8-9H2,1-3H3,(H,19,25)/t15-/m1/s1. The first kappa shape index (κ1) is 17.4. The van der Waals surface area contributed by atoms with Gasteiger partial charge >= 0.3 is 11.9 Å². The number of nitrogens with zero attached hydrogens (tertiary/aromatic N) is 1. The molecule has 1 aromatic carbocycles. The first-order valence-corrected chi connectivity index (χ1v) is 8.45. The second-order valence-electron chi connectivity index (χ2n) is 6.09. The van der Waals surface area contributed by atoms with Crippen molar-refractivity contribution in [1.29, 1.82) is 0 Å². The average molecular weight is 360 g/mol. The third-order valence-corrected chi connectivity index (χ3v) is 4.82. The monoisotopic (exact) mass is 360 g/mol. The number of hydrogen-bond acceptors (Lipinski definition) is 5. The van der Waals surface area contributed by atoms with Gasteiger partial charge in [-0.15, -0.1) is 0 Å². The highest BCUT2D eigenvalue weighted by Gasteiger charge is 2.40. The maximum atomic E-state index is 12.4. The summed E-state index contributed by atoms with van der Waals surface area (Å²) in [6.07, 6.45) is 2.12. The van der Waals surface area contributed by atoms with Gasteiger partial charge in [-0.05, 0) is 49.7 Å². The van der Waals surface area contributed by atoms with Crippen LogP contribution in [-0.2, 0) is 14.3 Å². The van der Waals surface area contributed by atoms with Gasteiger partial charge in [-0.1, -0.05) is 12.1 Å². The number of esters is 2. The average Bonchev–Trinajstić information content (AvgIpc) is 3.45. The Kier molecular flexibility index (Phi) is 4.76. The Labute approximate surface area is 151 Å². The lowest BCUT2D eigenvalue weighted by Crippen LogP contribution is -2.48. The Balaban J connectivity index is 2.00. The number of thiocarbonyl (C=S) groups is 1. The molecule has 7 heteroatoms. The zero-order valence-corrected chi connectivity index (χ0v) is 15.2. The molecule has 6 nitrogen and oxygen atoms in total. The van der Waals surface area contributed by atoms with Crippen LogP contribution in [0.3, 0.4) is 0 Å². The molecular formula is C18H20N2O4S. The zero-order chi connectivity index (χ0) is 18.1. The summed E-state index contributed by atoms with van der Waals surface area (Å²) < 4.78 is 9.71. The van der Waals surface area contributed by atoms with Gasteiger partial charge in [0, 0.05) is 11.7 Å². The molecular weight excluding hydrogens is 340 g/mol. The summed E-state index contributed by atoms with van der Waals surface area (Å²) in [5.74, 6) is -0.793. The number of hydrogen-bond donors (Lipinski definition) is 1. The van der Waals surface area contributed by atoms with Crippen LogP contribution in [0.15, 0.2) is 35.5 Å². The highest BCUT2D eigenvalue weighted by Crippen LogP contribution is 2.37. The molecule has 0 spiro atoms. The van der Waals surface area contributed by atoms with Gasteiger partial charge in [0.25, 0.3) is 0 Å². The summed E-state index contributed by atoms with van der Waals surface area (Å²) in [7, 11) is 2.71. The van der Waals surface area contributed by atoms with Crippen LogP contribution in [0.4, 0.5) is 0 Å².